The summed E-state index contributed by atoms with van der Waals surface area (Å²) >= 11 is 0. The van der Waals surface area contributed by atoms with Crippen molar-refractivity contribution in [3.05, 3.63) is 29.3 Å². The van der Waals surface area contributed by atoms with Gasteiger partial charge in [0.15, 0.2) is 0 Å². The number of alkyl halides is 3. The number of nitrogens with one attached hydrogen (secondary N) is 1. The van der Waals surface area contributed by atoms with E-state index in [4.69, 9.17) is 4.74 Å². The molecule has 2 aliphatic rings. The van der Waals surface area contributed by atoms with Gasteiger partial charge >= 0.3 is 12.1 Å². The monoisotopic (exact) mass is 300 g/mol. The average molecular weight is 300 g/mol. The predicted molar refractivity (Wildman–Crippen MR) is 69.8 cm³/mol. The summed E-state index contributed by atoms with van der Waals surface area (Å²) in [6.07, 6.45) is -4.10. The molecule has 21 heavy (non-hydrogen) atoms. The molecule has 0 saturated carbocycles. The summed E-state index contributed by atoms with van der Waals surface area (Å²) in [6.45, 7) is 3.12. The van der Waals surface area contributed by atoms with Crippen molar-refractivity contribution in [3.8, 4) is 0 Å². The third-order valence-electron chi connectivity index (χ3n) is 3.90. The lowest BCUT2D eigenvalue weighted by atomic mass is 9.97. The smallest absolute Gasteiger partial charge is 0.378 e. The Labute approximate surface area is 119 Å². The third-order valence-corrected chi connectivity index (χ3v) is 3.90. The number of carbonyl (C=O) groups is 1. The van der Waals surface area contributed by atoms with E-state index in [1.54, 1.807) is 12.1 Å². The molecule has 0 unspecified atom stereocenters. The molecular formula is C14H15F3N2O2. The summed E-state index contributed by atoms with van der Waals surface area (Å²) < 4.78 is 41.9. The topological polar surface area (TPSA) is 41.6 Å². The van der Waals surface area contributed by atoms with Crippen LogP contribution in [-0.2, 0) is 22.5 Å². The van der Waals surface area contributed by atoms with Gasteiger partial charge in [0.25, 0.3) is 0 Å². The van der Waals surface area contributed by atoms with Gasteiger partial charge in [0.2, 0.25) is 0 Å². The average Bonchev–Trinajstić information content (AvgIpc) is 2.35. The number of hydrogen-bond acceptors (Lipinski definition) is 3. The van der Waals surface area contributed by atoms with Crippen molar-refractivity contribution in [2.45, 2.75) is 25.2 Å². The van der Waals surface area contributed by atoms with Crippen LogP contribution < -0.4 is 5.32 Å². The summed E-state index contributed by atoms with van der Waals surface area (Å²) in [5.74, 6) is -1.94. The van der Waals surface area contributed by atoms with E-state index >= 15 is 0 Å². The second-order valence-electron chi connectivity index (χ2n) is 5.35. The molecule has 1 fully saturated rings. The quantitative estimate of drug-likeness (QED) is 0.907. The first-order valence-corrected chi connectivity index (χ1v) is 6.75. The molecule has 0 bridgehead atoms. The molecule has 0 aliphatic carbocycles. The minimum absolute atomic E-state index is 0.191. The minimum atomic E-state index is -4.86. The number of ether oxygens (including phenoxy) is 1. The van der Waals surface area contributed by atoms with Gasteiger partial charge in [0, 0.05) is 18.8 Å². The first-order chi connectivity index (χ1) is 9.93. The Kier molecular flexibility index (Phi) is 3.62. The number of amides is 1. The molecule has 3 rings (SSSR count). The second-order valence-corrected chi connectivity index (χ2v) is 5.35. The fourth-order valence-electron chi connectivity index (χ4n) is 2.60. The second kappa shape index (κ2) is 5.31. The van der Waals surface area contributed by atoms with E-state index in [0.29, 0.717) is 6.04 Å². The molecule has 114 valence electrons. The Morgan fingerprint density at radius 1 is 1.29 bits per heavy atom. The minimum Gasteiger partial charge on any atom is -0.378 e. The number of nitrogens with zero attached hydrogens (tertiary/aromatic N) is 1. The van der Waals surface area contributed by atoms with Crippen molar-refractivity contribution in [2.24, 2.45) is 0 Å². The highest BCUT2D eigenvalue weighted by Gasteiger charge is 2.38. The van der Waals surface area contributed by atoms with E-state index < -0.39 is 12.1 Å². The van der Waals surface area contributed by atoms with E-state index in [2.05, 4.69) is 4.90 Å². The lowest BCUT2D eigenvalue weighted by Crippen LogP contribution is -2.50. The molecule has 0 aromatic heterocycles. The number of anilines is 1. The molecule has 1 aromatic rings. The maximum absolute atomic E-state index is 12.2. The fourth-order valence-corrected chi connectivity index (χ4v) is 2.60. The van der Waals surface area contributed by atoms with Crippen molar-refractivity contribution >= 4 is 11.6 Å². The lowest BCUT2D eigenvalue weighted by molar-refractivity contribution is -0.167. The Balaban J connectivity index is 1.70. The van der Waals surface area contributed by atoms with Gasteiger partial charge < -0.3 is 10.1 Å². The Morgan fingerprint density at radius 3 is 2.67 bits per heavy atom. The zero-order valence-electron chi connectivity index (χ0n) is 11.2. The number of rotatable bonds is 2. The molecule has 2 heterocycles. The fraction of sp³-hybridized carbons (Fsp3) is 0.500. The van der Waals surface area contributed by atoms with Gasteiger partial charge in [-0.1, -0.05) is 6.07 Å². The van der Waals surface area contributed by atoms with Crippen LogP contribution in [0.2, 0.25) is 0 Å². The summed E-state index contributed by atoms with van der Waals surface area (Å²) in [5.41, 5.74) is 2.28. The van der Waals surface area contributed by atoms with Gasteiger partial charge in [-0.2, -0.15) is 13.2 Å². The van der Waals surface area contributed by atoms with Crippen LogP contribution in [0.25, 0.3) is 0 Å². The van der Waals surface area contributed by atoms with Gasteiger partial charge in [-0.15, -0.1) is 0 Å². The maximum atomic E-state index is 12.2. The van der Waals surface area contributed by atoms with Crippen LogP contribution in [0.4, 0.5) is 18.9 Å². The van der Waals surface area contributed by atoms with Crippen molar-refractivity contribution in [1.82, 2.24) is 4.90 Å². The van der Waals surface area contributed by atoms with E-state index in [1.165, 1.54) is 6.07 Å². The van der Waals surface area contributed by atoms with Crippen LogP contribution in [0.1, 0.15) is 11.1 Å². The lowest BCUT2D eigenvalue weighted by Gasteiger charge is -2.40. The highest BCUT2D eigenvalue weighted by atomic mass is 19.4. The first kappa shape index (κ1) is 14.3. The highest BCUT2D eigenvalue weighted by Crippen LogP contribution is 2.26. The number of halogens is 3. The van der Waals surface area contributed by atoms with Crippen LogP contribution in [-0.4, -0.2) is 42.8 Å². The normalized spacial score (nSPS) is 19.8. The Morgan fingerprint density at radius 2 is 2.05 bits per heavy atom. The summed E-state index contributed by atoms with van der Waals surface area (Å²) in [6, 6.07) is 5.38. The molecule has 1 aromatic carbocycles. The van der Waals surface area contributed by atoms with Crippen molar-refractivity contribution in [1.29, 1.82) is 0 Å². The molecule has 7 heteroatoms. The van der Waals surface area contributed by atoms with Crippen molar-refractivity contribution < 1.29 is 22.7 Å². The SMILES string of the molecule is O=C(Nc1ccc2c(c1)CCN(C1COC1)C2)C(F)(F)F. The third kappa shape index (κ3) is 3.03. The summed E-state index contributed by atoms with van der Waals surface area (Å²) in [7, 11) is 0. The van der Waals surface area contributed by atoms with Crippen LogP contribution in [0.5, 0.6) is 0 Å². The molecule has 0 radical (unpaired) electrons. The standard InChI is InChI=1S/C14H15F3N2O2/c15-14(16,17)13(20)18-11-2-1-10-6-19(12-7-21-8-12)4-3-9(10)5-11/h1-2,5,12H,3-4,6-8H2,(H,18,20). The highest BCUT2D eigenvalue weighted by molar-refractivity contribution is 5.95. The number of fused-ring (bicyclic) bond motifs is 1. The molecular weight excluding hydrogens is 285 g/mol. The number of hydrogen-bond donors (Lipinski definition) is 1. The number of benzene rings is 1. The van der Waals surface area contributed by atoms with Crippen LogP contribution in [0, 0.1) is 0 Å². The van der Waals surface area contributed by atoms with Crippen LogP contribution >= 0.6 is 0 Å². The predicted octanol–water partition coefficient (Wildman–Crippen LogP) is 1.94. The van der Waals surface area contributed by atoms with Gasteiger partial charge in [-0.05, 0) is 29.7 Å². The molecule has 2 aliphatic heterocycles. The molecule has 1 amide bonds. The van der Waals surface area contributed by atoms with Gasteiger partial charge in [-0.3, -0.25) is 9.69 Å². The van der Waals surface area contributed by atoms with Gasteiger partial charge in [-0.25, -0.2) is 0 Å². The maximum Gasteiger partial charge on any atom is 0.471 e. The van der Waals surface area contributed by atoms with E-state index in [9.17, 15) is 18.0 Å². The molecule has 4 nitrogen and oxygen atoms in total. The largest absolute Gasteiger partial charge is 0.471 e. The van der Waals surface area contributed by atoms with E-state index in [1.807, 2.05) is 5.32 Å². The van der Waals surface area contributed by atoms with Crippen LogP contribution in [0.15, 0.2) is 18.2 Å². The molecule has 1 N–H and O–H groups in total. The van der Waals surface area contributed by atoms with Crippen molar-refractivity contribution in [2.75, 3.05) is 25.1 Å². The van der Waals surface area contributed by atoms with E-state index in [-0.39, 0.29) is 5.69 Å². The van der Waals surface area contributed by atoms with Crippen molar-refractivity contribution in [3.63, 3.8) is 0 Å². The molecule has 0 spiro atoms. The van der Waals surface area contributed by atoms with Gasteiger partial charge in [0.05, 0.1) is 19.3 Å². The number of carbonyl (C=O) groups excluding carboxylic acids is 1. The van der Waals surface area contributed by atoms with E-state index in [0.717, 1.165) is 43.9 Å². The summed E-state index contributed by atoms with van der Waals surface area (Å²) in [4.78, 5) is 13.3. The summed E-state index contributed by atoms with van der Waals surface area (Å²) in [5, 5.41) is 1.89. The van der Waals surface area contributed by atoms with Crippen LogP contribution in [0.3, 0.4) is 0 Å². The molecule has 1 saturated heterocycles. The molecule has 0 atom stereocenters. The zero-order chi connectivity index (χ0) is 15.0. The van der Waals surface area contributed by atoms with Gasteiger partial charge in [0.1, 0.15) is 0 Å². The Hall–Kier alpha value is -1.60. The zero-order valence-corrected chi connectivity index (χ0v) is 11.2. The first-order valence-electron chi connectivity index (χ1n) is 6.75. The Bertz CT molecular complexity index is 556.